The van der Waals surface area contributed by atoms with Gasteiger partial charge in [-0.3, -0.25) is 24.3 Å². The van der Waals surface area contributed by atoms with Crippen LogP contribution in [0, 0.1) is 0 Å². The number of furan rings is 1. The summed E-state index contributed by atoms with van der Waals surface area (Å²) in [6, 6.07) is 13.4. The summed E-state index contributed by atoms with van der Waals surface area (Å²) in [4.78, 5) is 45.2. The Balaban J connectivity index is 1.66. The fourth-order valence-corrected chi connectivity index (χ4v) is 4.37. The predicted octanol–water partition coefficient (Wildman–Crippen LogP) is 3.80. The van der Waals surface area contributed by atoms with Crippen LogP contribution in [-0.4, -0.2) is 35.3 Å². The second-order valence-electron chi connectivity index (χ2n) is 8.62. The van der Waals surface area contributed by atoms with Gasteiger partial charge in [0.1, 0.15) is 6.04 Å². The van der Waals surface area contributed by atoms with E-state index in [9.17, 15) is 14.4 Å². The lowest BCUT2D eigenvalue weighted by Crippen LogP contribution is -2.49. The monoisotopic (exact) mass is 474 g/mol. The Bertz CT molecular complexity index is 1120. The first kappa shape index (κ1) is 24.2. The van der Waals surface area contributed by atoms with Crippen molar-refractivity contribution in [3.63, 3.8) is 0 Å². The van der Waals surface area contributed by atoms with Gasteiger partial charge in [0.05, 0.1) is 24.7 Å². The topological polar surface area (TPSA) is 105 Å². The van der Waals surface area contributed by atoms with E-state index >= 15 is 0 Å². The SMILES string of the molecule is CCc1ccc(C(C(=O)NC2CCCC2)N(C(=O)CNC(=O)c2ccco2)c2cccnc2)cc1. The van der Waals surface area contributed by atoms with Crippen LogP contribution >= 0.6 is 0 Å². The van der Waals surface area contributed by atoms with Crippen LogP contribution in [0.5, 0.6) is 0 Å². The van der Waals surface area contributed by atoms with Crippen molar-refractivity contribution in [1.82, 2.24) is 15.6 Å². The molecule has 2 N–H and O–H groups in total. The van der Waals surface area contributed by atoms with Crippen molar-refractivity contribution in [2.24, 2.45) is 0 Å². The number of nitrogens with one attached hydrogen (secondary N) is 2. The maximum absolute atomic E-state index is 13.7. The second-order valence-corrected chi connectivity index (χ2v) is 8.62. The highest BCUT2D eigenvalue weighted by Gasteiger charge is 2.34. The molecule has 0 aliphatic heterocycles. The number of pyridine rings is 1. The summed E-state index contributed by atoms with van der Waals surface area (Å²) in [5, 5.41) is 5.74. The van der Waals surface area contributed by atoms with E-state index in [0.29, 0.717) is 11.3 Å². The average Bonchev–Trinajstić information content (AvgIpc) is 3.61. The van der Waals surface area contributed by atoms with Crippen LogP contribution in [-0.2, 0) is 16.0 Å². The van der Waals surface area contributed by atoms with Crippen molar-refractivity contribution in [3.8, 4) is 0 Å². The molecule has 1 unspecified atom stereocenters. The molecule has 8 nitrogen and oxygen atoms in total. The van der Waals surface area contributed by atoms with Crippen LogP contribution in [0.4, 0.5) is 5.69 Å². The molecule has 0 radical (unpaired) electrons. The molecule has 35 heavy (non-hydrogen) atoms. The highest BCUT2D eigenvalue weighted by atomic mass is 16.3. The van der Waals surface area contributed by atoms with Crippen LogP contribution in [0.1, 0.15) is 60.3 Å². The van der Waals surface area contributed by atoms with E-state index in [1.807, 2.05) is 24.3 Å². The molecule has 1 aliphatic carbocycles. The molecule has 1 saturated carbocycles. The number of anilines is 1. The number of hydrogen-bond donors (Lipinski definition) is 2. The Morgan fingerprint density at radius 2 is 1.86 bits per heavy atom. The largest absolute Gasteiger partial charge is 0.459 e. The van der Waals surface area contributed by atoms with E-state index < -0.39 is 17.9 Å². The van der Waals surface area contributed by atoms with Gasteiger partial charge in [-0.15, -0.1) is 0 Å². The van der Waals surface area contributed by atoms with Gasteiger partial charge >= 0.3 is 0 Å². The lowest BCUT2D eigenvalue weighted by Gasteiger charge is -2.32. The summed E-state index contributed by atoms with van der Waals surface area (Å²) in [7, 11) is 0. The van der Waals surface area contributed by atoms with E-state index in [-0.39, 0.29) is 24.3 Å². The van der Waals surface area contributed by atoms with Crippen molar-refractivity contribution < 1.29 is 18.8 Å². The van der Waals surface area contributed by atoms with Crippen molar-refractivity contribution in [2.75, 3.05) is 11.4 Å². The van der Waals surface area contributed by atoms with Crippen LogP contribution in [0.2, 0.25) is 0 Å². The fourth-order valence-electron chi connectivity index (χ4n) is 4.37. The van der Waals surface area contributed by atoms with E-state index in [2.05, 4.69) is 22.5 Å². The second kappa shape index (κ2) is 11.5. The maximum atomic E-state index is 13.7. The van der Waals surface area contributed by atoms with E-state index in [1.54, 1.807) is 30.6 Å². The Hall–Kier alpha value is -3.94. The summed E-state index contributed by atoms with van der Waals surface area (Å²) < 4.78 is 5.11. The molecule has 2 heterocycles. The minimum Gasteiger partial charge on any atom is -0.459 e. The molecule has 1 atom stereocenters. The number of hydrogen-bond acceptors (Lipinski definition) is 5. The van der Waals surface area contributed by atoms with Gasteiger partial charge in [0.15, 0.2) is 5.76 Å². The van der Waals surface area contributed by atoms with Crippen molar-refractivity contribution in [3.05, 3.63) is 84.1 Å². The van der Waals surface area contributed by atoms with Gasteiger partial charge in [0.2, 0.25) is 11.8 Å². The Morgan fingerprint density at radius 1 is 1.09 bits per heavy atom. The number of benzene rings is 1. The Morgan fingerprint density at radius 3 is 2.49 bits per heavy atom. The molecule has 3 amide bonds. The first-order valence-corrected chi connectivity index (χ1v) is 12.0. The summed E-state index contributed by atoms with van der Waals surface area (Å²) >= 11 is 0. The molecule has 4 rings (SSSR count). The molecular formula is C27H30N4O4. The normalized spacial score (nSPS) is 14.3. The zero-order valence-corrected chi connectivity index (χ0v) is 19.8. The number of rotatable bonds is 9. The third kappa shape index (κ3) is 5.95. The van der Waals surface area contributed by atoms with Crippen molar-refractivity contribution in [1.29, 1.82) is 0 Å². The smallest absolute Gasteiger partial charge is 0.287 e. The number of aryl methyl sites for hydroxylation is 1. The van der Waals surface area contributed by atoms with Crippen LogP contribution in [0.3, 0.4) is 0 Å². The molecule has 0 spiro atoms. The summed E-state index contributed by atoms with van der Waals surface area (Å²) in [6.45, 7) is 1.75. The standard InChI is InChI=1S/C27H30N4O4/c1-2-19-11-13-20(14-12-19)25(27(34)30-21-7-3-4-8-21)31(22-9-5-15-28-17-22)24(32)18-29-26(33)23-10-6-16-35-23/h5-6,9-17,21,25H,2-4,7-8,18H2,1H3,(H,29,33)(H,30,34). The molecule has 182 valence electrons. The lowest BCUT2D eigenvalue weighted by molar-refractivity contribution is -0.126. The zero-order chi connectivity index (χ0) is 24.6. The lowest BCUT2D eigenvalue weighted by atomic mass is 10.00. The molecule has 3 aromatic rings. The van der Waals surface area contributed by atoms with Gasteiger partial charge in [-0.05, 0) is 54.7 Å². The first-order chi connectivity index (χ1) is 17.1. The first-order valence-electron chi connectivity index (χ1n) is 12.0. The predicted molar refractivity (Wildman–Crippen MR) is 132 cm³/mol. The highest BCUT2D eigenvalue weighted by molar-refractivity contribution is 6.04. The van der Waals surface area contributed by atoms with Gasteiger partial charge in [-0.2, -0.15) is 0 Å². The van der Waals surface area contributed by atoms with Gasteiger partial charge in [0.25, 0.3) is 5.91 Å². The molecule has 8 heteroatoms. The van der Waals surface area contributed by atoms with Crippen LogP contribution < -0.4 is 15.5 Å². The summed E-state index contributed by atoms with van der Waals surface area (Å²) in [5.74, 6) is -1.09. The van der Waals surface area contributed by atoms with Gasteiger partial charge in [-0.1, -0.05) is 44.0 Å². The number of nitrogens with zero attached hydrogens (tertiary/aromatic N) is 2. The molecule has 1 aliphatic rings. The molecular weight excluding hydrogens is 444 g/mol. The third-order valence-corrected chi connectivity index (χ3v) is 6.25. The van der Waals surface area contributed by atoms with Crippen molar-refractivity contribution >= 4 is 23.4 Å². The minimum absolute atomic E-state index is 0.0874. The number of aromatic nitrogens is 1. The average molecular weight is 475 g/mol. The van der Waals surface area contributed by atoms with Crippen LogP contribution in [0.15, 0.2) is 71.6 Å². The van der Waals surface area contributed by atoms with E-state index in [0.717, 1.165) is 37.7 Å². The molecule has 1 aromatic carbocycles. The number of amides is 3. The van der Waals surface area contributed by atoms with E-state index in [1.165, 1.54) is 17.2 Å². The van der Waals surface area contributed by atoms with Crippen LogP contribution in [0.25, 0.3) is 0 Å². The van der Waals surface area contributed by atoms with Gasteiger partial charge in [0, 0.05) is 12.2 Å². The van der Waals surface area contributed by atoms with Gasteiger partial charge in [-0.25, -0.2) is 0 Å². The van der Waals surface area contributed by atoms with Crippen molar-refractivity contribution in [2.45, 2.75) is 51.1 Å². The van der Waals surface area contributed by atoms with Gasteiger partial charge < -0.3 is 15.1 Å². The number of carbonyl (C=O) groups excluding carboxylic acids is 3. The Kier molecular flexibility index (Phi) is 7.92. The highest BCUT2D eigenvalue weighted by Crippen LogP contribution is 2.29. The summed E-state index contributed by atoms with van der Waals surface area (Å²) in [5.41, 5.74) is 2.29. The third-order valence-electron chi connectivity index (χ3n) is 6.25. The zero-order valence-electron chi connectivity index (χ0n) is 19.8. The quantitative estimate of drug-likeness (QED) is 0.491. The maximum Gasteiger partial charge on any atom is 0.287 e. The molecule has 2 aromatic heterocycles. The fraction of sp³-hybridized carbons (Fsp3) is 0.333. The molecule has 1 fully saturated rings. The molecule has 0 bridgehead atoms. The van der Waals surface area contributed by atoms with E-state index in [4.69, 9.17) is 4.42 Å². The molecule has 0 saturated heterocycles. The minimum atomic E-state index is -0.918. The summed E-state index contributed by atoms with van der Waals surface area (Å²) in [6.07, 6.45) is 9.40. The number of carbonyl (C=O) groups is 3. The Labute approximate surface area is 204 Å².